The Bertz CT molecular complexity index is 3430. The molecule has 0 fully saturated rings. The Morgan fingerprint density at radius 2 is 0.902 bits per heavy atom. The van der Waals surface area contributed by atoms with E-state index in [0.717, 1.165) is 49.6 Å². The maximum atomic E-state index is 10.0. The molecule has 12 rings (SSSR count). The van der Waals surface area contributed by atoms with Gasteiger partial charge in [-0.2, -0.15) is 5.26 Å². The average molecular weight is 782 g/mol. The van der Waals surface area contributed by atoms with Gasteiger partial charge in [0.2, 0.25) is 0 Å². The van der Waals surface area contributed by atoms with E-state index in [1.165, 1.54) is 49.9 Å². The number of rotatable bonds is 4. The molecule has 0 radical (unpaired) electrons. The molecule has 2 aromatic heterocycles. The van der Waals surface area contributed by atoms with E-state index in [-0.39, 0.29) is 10.8 Å². The van der Waals surface area contributed by atoms with Crippen molar-refractivity contribution in [1.29, 1.82) is 5.26 Å². The molecule has 0 bridgehead atoms. The van der Waals surface area contributed by atoms with Gasteiger partial charge in [-0.3, -0.25) is 0 Å². The van der Waals surface area contributed by atoms with Gasteiger partial charge in [-0.15, -0.1) is 0 Å². The van der Waals surface area contributed by atoms with Crippen molar-refractivity contribution in [2.75, 3.05) is 0 Å². The molecule has 0 unspecified atom stereocenters. The first-order valence-electron chi connectivity index (χ1n) is 20.9. The highest BCUT2D eigenvalue weighted by atomic mass is 15.0. The van der Waals surface area contributed by atoms with Crippen LogP contribution in [0.1, 0.15) is 55.5 Å². The molecule has 5 heteroatoms. The van der Waals surface area contributed by atoms with E-state index in [2.05, 4.69) is 190 Å². The lowest BCUT2D eigenvalue weighted by Crippen LogP contribution is -2.15. The number of hydrogen-bond acceptors (Lipinski definition) is 4. The second-order valence-electron chi connectivity index (χ2n) is 17.6. The smallest absolute Gasteiger partial charge is 0.164 e. The van der Waals surface area contributed by atoms with Crippen LogP contribution in [0.2, 0.25) is 0 Å². The summed E-state index contributed by atoms with van der Waals surface area (Å²) in [6.07, 6.45) is 0. The summed E-state index contributed by atoms with van der Waals surface area (Å²) in [6.45, 7) is 9.21. The Morgan fingerprint density at radius 1 is 0.426 bits per heavy atom. The van der Waals surface area contributed by atoms with E-state index in [4.69, 9.17) is 15.0 Å². The van der Waals surface area contributed by atoms with Crippen molar-refractivity contribution in [3.8, 4) is 68.2 Å². The first-order valence-corrected chi connectivity index (χ1v) is 20.9. The van der Waals surface area contributed by atoms with Crippen LogP contribution in [0.3, 0.4) is 0 Å². The van der Waals surface area contributed by atoms with E-state index in [0.29, 0.717) is 23.0 Å². The highest BCUT2D eigenvalue weighted by Crippen LogP contribution is 2.51. The molecule has 0 aliphatic heterocycles. The minimum atomic E-state index is -0.174. The zero-order valence-corrected chi connectivity index (χ0v) is 34.3. The van der Waals surface area contributed by atoms with Crippen molar-refractivity contribution in [1.82, 2.24) is 19.5 Å². The molecule has 2 aliphatic rings. The number of nitriles is 1. The van der Waals surface area contributed by atoms with Crippen LogP contribution in [0, 0.1) is 11.3 Å². The summed E-state index contributed by atoms with van der Waals surface area (Å²) in [5, 5.41) is 14.4. The number of aromatic nitrogens is 4. The molecule has 5 nitrogen and oxygen atoms in total. The molecule has 10 aromatic rings. The van der Waals surface area contributed by atoms with Gasteiger partial charge in [0.15, 0.2) is 17.5 Å². The monoisotopic (exact) mass is 781 g/mol. The second kappa shape index (κ2) is 12.7. The largest absolute Gasteiger partial charge is 0.309 e. The summed E-state index contributed by atoms with van der Waals surface area (Å²) < 4.78 is 2.32. The summed E-state index contributed by atoms with van der Waals surface area (Å²) in [7, 11) is 0. The predicted molar refractivity (Wildman–Crippen MR) is 248 cm³/mol. The molecule has 0 saturated carbocycles. The van der Waals surface area contributed by atoms with Gasteiger partial charge in [0.1, 0.15) is 0 Å². The Balaban J connectivity index is 1.08. The van der Waals surface area contributed by atoms with E-state index in [9.17, 15) is 5.26 Å². The van der Waals surface area contributed by atoms with Gasteiger partial charge < -0.3 is 4.57 Å². The molecule has 0 saturated heterocycles. The molecule has 61 heavy (non-hydrogen) atoms. The summed E-state index contributed by atoms with van der Waals surface area (Å²) in [5.74, 6) is 1.85. The van der Waals surface area contributed by atoms with Crippen LogP contribution in [0.25, 0.3) is 94.7 Å². The molecular formula is C56H39N5. The van der Waals surface area contributed by atoms with Crippen LogP contribution in [-0.4, -0.2) is 19.5 Å². The quantitative estimate of drug-likeness (QED) is 0.178. The summed E-state index contributed by atoms with van der Waals surface area (Å²) in [5.41, 5.74) is 16.5. The summed E-state index contributed by atoms with van der Waals surface area (Å²) in [6, 6.07) is 60.5. The van der Waals surface area contributed by atoms with Crippen molar-refractivity contribution >= 4 is 32.6 Å². The van der Waals surface area contributed by atoms with Gasteiger partial charge in [-0.05, 0) is 104 Å². The van der Waals surface area contributed by atoms with Gasteiger partial charge >= 0.3 is 0 Å². The van der Waals surface area contributed by atoms with Crippen LogP contribution >= 0.6 is 0 Å². The zero-order valence-electron chi connectivity index (χ0n) is 34.3. The van der Waals surface area contributed by atoms with E-state index >= 15 is 0 Å². The molecule has 0 atom stereocenters. The Labute approximate surface area is 354 Å². The molecule has 0 N–H and O–H groups in total. The van der Waals surface area contributed by atoms with Crippen LogP contribution in [0.4, 0.5) is 0 Å². The lowest BCUT2D eigenvalue weighted by Gasteiger charge is -2.22. The van der Waals surface area contributed by atoms with Crippen LogP contribution in [0.5, 0.6) is 0 Å². The van der Waals surface area contributed by atoms with Crippen molar-refractivity contribution in [2.45, 2.75) is 38.5 Å². The van der Waals surface area contributed by atoms with Gasteiger partial charge in [-0.25, -0.2) is 15.0 Å². The van der Waals surface area contributed by atoms with Gasteiger partial charge in [0.25, 0.3) is 0 Å². The first kappa shape index (κ1) is 35.3. The molecule has 288 valence electrons. The molecule has 2 heterocycles. The van der Waals surface area contributed by atoms with Crippen molar-refractivity contribution in [3.05, 3.63) is 192 Å². The fourth-order valence-corrected chi connectivity index (χ4v) is 10.3. The lowest BCUT2D eigenvalue weighted by molar-refractivity contribution is 0.660. The Kier molecular flexibility index (Phi) is 7.32. The molecular weight excluding hydrogens is 743 g/mol. The molecule has 0 amide bonds. The third-order valence-electron chi connectivity index (χ3n) is 13.5. The highest BCUT2D eigenvalue weighted by Gasteiger charge is 2.37. The standard InChI is InChI=1S/C56H39N5/c1-55(2)45-17-9-7-15-39(45)41-24-21-36(30-47(41)55)53-58-52(59-54(60-53)37-22-25-42-40-16-8-10-18-46(40)56(3,4)48(42)31-37)35-23-27-51-44(29-35)43-28-33(32-57)20-26-50(43)61(51)49-19-11-13-34-12-5-6-14-38(34)49/h5-31H,1-4H3. The van der Waals surface area contributed by atoms with E-state index < -0.39 is 0 Å². The maximum Gasteiger partial charge on any atom is 0.164 e. The fraction of sp³-hybridized carbons (Fsp3) is 0.107. The van der Waals surface area contributed by atoms with E-state index in [1.807, 2.05) is 12.1 Å². The van der Waals surface area contributed by atoms with Crippen LogP contribution in [-0.2, 0) is 10.8 Å². The third kappa shape index (κ3) is 5.09. The summed E-state index contributed by atoms with van der Waals surface area (Å²) >= 11 is 0. The van der Waals surface area contributed by atoms with Crippen molar-refractivity contribution in [2.24, 2.45) is 0 Å². The number of benzene rings is 8. The fourth-order valence-electron chi connectivity index (χ4n) is 10.3. The Hall–Kier alpha value is -7.68. The van der Waals surface area contributed by atoms with Crippen molar-refractivity contribution in [3.63, 3.8) is 0 Å². The number of fused-ring (bicyclic) bond motifs is 10. The minimum Gasteiger partial charge on any atom is -0.309 e. The summed E-state index contributed by atoms with van der Waals surface area (Å²) in [4.78, 5) is 15.9. The number of hydrogen-bond donors (Lipinski definition) is 0. The highest BCUT2D eigenvalue weighted by molar-refractivity contribution is 6.12. The first-order chi connectivity index (χ1) is 29.7. The lowest BCUT2D eigenvalue weighted by atomic mass is 9.82. The van der Waals surface area contributed by atoms with Gasteiger partial charge in [0.05, 0.1) is 28.4 Å². The molecule has 0 spiro atoms. The SMILES string of the molecule is CC1(C)c2ccccc2-c2ccc(-c3nc(-c4ccc5c(c4)C(C)(C)c4ccccc4-5)nc(-c4ccc5c(c4)c4cc(C#N)ccc4n5-c4cccc5ccccc45)n3)cc21. The van der Waals surface area contributed by atoms with Crippen LogP contribution < -0.4 is 0 Å². The molecule has 2 aliphatic carbocycles. The van der Waals surface area contributed by atoms with Crippen LogP contribution in [0.15, 0.2) is 164 Å². The topological polar surface area (TPSA) is 67.4 Å². The van der Waals surface area contributed by atoms with Crippen molar-refractivity contribution < 1.29 is 0 Å². The van der Waals surface area contributed by atoms with Gasteiger partial charge in [0, 0.05) is 43.7 Å². The zero-order chi connectivity index (χ0) is 41.2. The maximum absolute atomic E-state index is 10.0. The van der Waals surface area contributed by atoms with Gasteiger partial charge in [-0.1, -0.05) is 137 Å². The second-order valence-corrected chi connectivity index (χ2v) is 17.6. The molecule has 8 aromatic carbocycles. The predicted octanol–water partition coefficient (Wildman–Crippen LogP) is 13.6. The average Bonchev–Trinajstić information content (AvgIpc) is 3.84. The third-order valence-corrected chi connectivity index (χ3v) is 13.5. The number of nitrogens with zero attached hydrogens (tertiary/aromatic N) is 5. The minimum absolute atomic E-state index is 0.174. The van der Waals surface area contributed by atoms with E-state index in [1.54, 1.807) is 0 Å². The normalized spacial score (nSPS) is 14.1. The Morgan fingerprint density at radius 3 is 1.51 bits per heavy atom.